The number of piperazine rings is 1. The van der Waals surface area contributed by atoms with E-state index in [-0.39, 0.29) is 11.8 Å². The monoisotopic (exact) mass is 326 g/mol. The molecule has 2 amide bonds. The summed E-state index contributed by atoms with van der Waals surface area (Å²) in [6.07, 6.45) is 0. The van der Waals surface area contributed by atoms with Gasteiger partial charge in [0.05, 0.1) is 17.1 Å². The van der Waals surface area contributed by atoms with Gasteiger partial charge in [-0.15, -0.1) is 11.3 Å². The predicted octanol–water partition coefficient (Wildman–Crippen LogP) is 1.61. The van der Waals surface area contributed by atoms with Crippen LogP contribution in [0, 0.1) is 11.3 Å². The molecule has 1 fully saturated rings. The second kappa shape index (κ2) is 6.58. The van der Waals surface area contributed by atoms with Crippen LogP contribution in [-0.4, -0.2) is 52.8 Å². The van der Waals surface area contributed by atoms with Gasteiger partial charge in [0.1, 0.15) is 5.69 Å². The van der Waals surface area contributed by atoms with Crippen molar-refractivity contribution in [2.24, 2.45) is 0 Å². The van der Waals surface area contributed by atoms with E-state index in [2.05, 4.69) is 4.98 Å². The minimum Gasteiger partial charge on any atom is -0.335 e. The molecule has 6 nitrogen and oxygen atoms in total. The zero-order valence-corrected chi connectivity index (χ0v) is 13.1. The molecule has 0 atom stereocenters. The Morgan fingerprint density at radius 2 is 1.83 bits per heavy atom. The smallest absolute Gasteiger partial charge is 0.273 e. The van der Waals surface area contributed by atoms with Crippen molar-refractivity contribution < 1.29 is 9.59 Å². The Hall–Kier alpha value is -2.72. The summed E-state index contributed by atoms with van der Waals surface area (Å²) in [5.41, 5.74) is 3.06. The molecular weight excluding hydrogens is 312 g/mol. The van der Waals surface area contributed by atoms with E-state index in [0.717, 1.165) is 0 Å². The number of carbonyl (C=O) groups is 2. The summed E-state index contributed by atoms with van der Waals surface area (Å²) >= 11 is 1.39. The lowest BCUT2D eigenvalue weighted by molar-refractivity contribution is 0.0533. The van der Waals surface area contributed by atoms with E-state index in [1.165, 1.54) is 11.3 Å². The van der Waals surface area contributed by atoms with Gasteiger partial charge in [-0.25, -0.2) is 4.98 Å². The number of thiazole rings is 1. The van der Waals surface area contributed by atoms with Crippen LogP contribution >= 0.6 is 11.3 Å². The zero-order valence-electron chi connectivity index (χ0n) is 12.3. The minimum atomic E-state index is -0.108. The van der Waals surface area contributed by atoms with Crippen molar-refractivity contribution in [3.8, 4) is 6.07 Å². The van der Waals surface area contributed by atoms with Crippen LogP contribution in [0.25, 0.3) is 0 Å². The fourth-order valence-electron chi connectivity index (χ4n) is 2.50. The van der Waals surface area contributed by atoms with Crippen LogP contribution in [0.4, 0.5) is 0 Å². The summed E-state index contributed by atoms with van der Waals surface area (Å²) in [6.45, 7) is 1.93. The van der Waals surface area contributed by atoms with E-state index in [0.29, 0.717) is 43.0 Å². The van der Waals surface area contributed by atoms with Crippen LogP contribution < -0.4 is 0 Å². The van der Waals surface area contributed by atoms with Gasteiger partial charge in [0.2, 0.25) is 0 Å². The topological polar surface area (TPSA) is 77.3 Å². The van der Waals surface area contributed by atoms with Gasteiger partial charge in [-0.05, 0) is 18.2 Å². The zero-order chi connectivity index (χ0) is 16.2. The van der Waals surface area contributed by atoms with Crippen LogP contribution in [0.1, 0.15) is 26.4 Å². The van der Waals surface area contributed by atoms with Gasteiger partial charge in [0.15, 0.2) is 0 Å². The van der Waals surface area contributed by atoms with Crippen molar-refractivity contribution in [2.75, 3.05) is 26.2 Å². The Balaban J connectivity index is 1.63. The second-order valence-electron chi connectivity index (χ2n) is 5.15. The van der Waals surface area contributed by atoms with Crippen LogP contribution in [0.5, 0.6) is 0 Å². The van der Waals surface area contributed by atoms with Crippen molar-refractivity contribution >= 4 is 23.2 Å². The van der Waals surface area contributed by atoms with Crippen LogP contribution in [0.15, 0.2) is 35.2 Å². The highest BCUT2D eigenvalue weighted by Gasteiger charge is 2.26. The summed E-state index contributed by atoms with van der Waals surface area (Å²) in [4.78, 5) is 32.1. The molecule has 0 unspecified atom stereocenters. The number of hydrogen-bond acceptors (Lipinski definition) is 5. The molecular formula is C16H14N4O2S. The van der Waals surface area contributed by atoms with E-state index in [9.17, 15) is 9.59 Å². The maximum absolute atomic E-state index is 12.5. The van der Waals surface area contributed by atoms with Crippen molar-refractivity contribution in [1.82, 2.24) is 14.8 Å². The molecule has 0 radical (unpaired) electrons. The minimum absolute atomic E-state index is 0.0928. The molecule has 1 aromatic heterocycles. The Morgan fingerprint density at radius 3 is 2.43 bits per heavy atom. The van der Waals surface area contributed by atoms with Gasteiger partial charge in [0.25, 0.3) is 11.8 Å². The molecule has 3 rings (SSSR count). The molecule has 0 bridgehead atoms. The maximum Gasteiger partial charge on any atom is 0.273 e. The summed E-state index contributed by atoms with van der Waals surface area (Å²) in [5, 5.41) is 10.6. The Kier molecular flexibility index (Phi) is 4.35. The molecule has 0 aliphatic carbocycles. The van der Waals surface area contributed by atoms with Crippen molar-refractivity contribution in [3.63, 3.8) is 0 Å². The first kappa shape index (κ1) is 15.2. The number of benzene rings is 1. The Morgan fingerprint density at radius 1 is 1.13 bits per heavy atom. The first-order chi connectivity index (χ1) is 11.2. The predicted molar refractivity (Wildman–Crippen MR) is 85.1 cm³/mol. The van der Waals surface area contributed by atoms with Crippen molar-refractivity contribution in [2.45, 2.75) is 0 Å². The van der Waals surface area contributed by atoms with Crippen LogP contribution in [0.2, 0.25) is 0 Å². The lowest BCUT2D eigenvalue weighted by Crippen LogP contribution is -2.50. The van der Waals surface area contributed by atoms with E-state index in [4.69, 9.17) is 5.26 Å². The number of hydrogen-bond donors (Lipinski definition) is 0. The Labute approximate surface area is 137 Å². The average Bonchev–Trinajstić information content (AvgIpc) is 3.15. The van der Waals surface area contributed by atoms with Gasteiger partial charge < -0.3 is 9.80 Å². The Bertz CT molecular complexity index is 759. The highest BCUT2D eigenvalue weighted by molar-refractivity contribution is 7.07. The molecule has 2 aromatic rings. The number of rotatable bonds is 2. The molecule has 1 saturated heterocycles. The van der Waals surface area contributed by atoms with Crippen LogP contribution in [0.3, 0.4) is 0 Å². The van der Waals surface area contributed by atoms with Gasteiger partial charge in [-0.2, -0.15) is 5.26 Å². The molecule has 0 N–H and O–H groups in total. The molecule has 0 spiro atoms. The molecule has 1 aliphatic rings. The van der Waals surface area contributed by atoms with E-state index >= 15 is 0 Å². The number of nitrogens with zero attached hydrogens (tertiary/aromatic N) is 4. The summed E-state index contributed by atoms with van der Waals surface area (Å²) in [5.74, 6) is -0.201. The number of carbonyl (C=O) groups excluding carboxylic acids is 2. The largest absolute Gasteiger partial charge is 0.335 e. The third-order valence-corrected chi connectivity index (χ3v) is 4.33. The number of aromatic nitrogens is 1. The lowest BCUT2D eigenvalue weighted by Gasteiger charge is -2.34. The third-order valence-electron chi connectivity index (χ3n) is 3.74. The van der Waals surface area contributed by atoms with Gasteiger partial charge in [0, 0.05) is 37.1 Å². The van der Waals surface area contributed by atoms with Gasteiger partial charge in [-0.3, -0.25) is 9.59 Å². The van der Waals surface area contributed by atoms with Crippen molar-refractivity contribution in [3.05, 3.63) is 52.0 Å². The molecule has 1 aliphatic heterocycles. The third kappa shape index (κ3) is 3.22. The number of amides is 2. The van der Waals surface area contributed by atoms with E-state index in [1.54, 1.807) is 45.0 Å². The van der Waals surface area contributed by atoms with Gasteiger partial charge >= 0.3 is 0 Å². The highest BCUT2D eigenvalue weighted by Crippen LogP contribution is 2.13. The molecule has 0 saturated carbocycles. The maximum atomic E-state index is 12.5. The summed E-state index contributed by atoms with van der Waals surface area (Å²) in [7, 11) is 0. The molecule has 116 valence electrons. The molecule has 7 heteroatoms. The van der Waals surface area contributed by atoms with Crippen LogP contribution in [-0.2, 0) is 0 Å². The van der Waals surface area contributed by atoms with E-state index < -0.39 is 0 Å². The average molecular weight is 326 g/mol. The molecule has 2 heterocycles. The normalized spacial score (nSPS) is 14.4. The van der Waals surface area contributed by atoms with Gasteiger partial charge in [-0.1, -0.05) is 6.07 Å². The van der Waals surface area contributed by atoms with E-state index in [1.807, 2.05) is 6.07 Å². The quantitative estimate of drug-likeness (QED) is 0.840. The number of nitriles is 1. The first-order valence-electron chi connectivity index (χ1n) is 7.16. The SMILES string of the molecule is N#Cc1cccc(C(=O)N2CCN(C(=O)c3cscn3)CC2)c1. The standard InChI is InChI=1S/C16H14N4O2S/c17-9-12-2-1-3-13(8-12)15(21)19-4-6-20(7-5-19)16(22)14-10-23-11-18-14/h1-3,8,10-11H,4-7H2. The summed E-state index contributed by atoms with van der Waals surface area (Å²) in [6, 6.07) is 8.70. The molecule has 23 heavy (non-hydrogen) atoms. The first-order valence-corrected chi connectivity index (χ1v) is 8.10. The highest BCUT2D eigenvalue weighted by atomic mass is 32.1. The summed E-state index contributed by atoms with van der Waals surface area (Å²) < 4.78 is 0. The van der Waals surface area contributed by atoms with Crippen molar-refractivity contribution in [1.29, 1.82) is 5.26 Å². The lowest BCUT2D eigenvalue weighted by atomic mass is 10.1. The fourth-order valence-corrected chi connectivity index (χ4v) is 3.02. The second-order valence-corrected chi connectivity index (χ2v) is 5.87. The molecule has 1 aromatic carbocycles. The fraction of sp³-hybridized carbons (Fsp3) is 0.250.